The van der Waals surface area contributed by atoms with Gasteiger partial charge in [0.1, 0.15) is 0 Å². The molecule has 0 amide bonds. The van der Waals surface area contributed by atoms with Crippen LogP contribution in [0.4, 0.5) is 0 Å². The molecule has 0 saturated heterocycles. The molecule has 0 fully saturated rings. The molecule has 0 heterocycles. The van der Waals surface area contributed by atoms with Crippen LogP contribution in [0.1, 0.15) is 20.8 Å². The zero-order valence-electron chi connectivity index (χ0n) is 7.59. The monoisotopic (exact) mass is 176 g/mol. The second-order valence-corrected chi connectivity index (χ2v) is 5.50. The molecular weight excluding hydrogens is 159 g/mol. The summed E-state index contributed by atoms with van der Waals surface area (Å²) in [5.74, 6) is 0. The van der Waals surface area contributed by atoms with Crippen LogP contribution >= 0.6 is 7.37 Å². The SMILES string of the molecule is C=C(C)CP(=O)(CC)OCC. The van der Waals surface area contributed by atoms with Gasteiger partial charge >= 0.3 is 0 Å². The average molecular weight is 176 g/mol. The second-order valence-electron chi connectivity index (χ2n) is 2.66. The topological polar surface area (TPSA) is 26.3 Å². The summed E-state index contributed by atoms with van der Waals surface area (Å²) >= 11 is 0. The molecule has 0 bridgehead atoms. The number of hydrogen-bond acceptors (Lipinski definition) is 2. The molecule has 0 aliphatic carbocycles. The summed E-state index contributed by atoms with van der Waals surface area (Å²) < 4.78 is 16.9. The van der Waals surface area contributed by atoms with E-state index in [9.17, 15) is 4.57 Å². The van der Waals surface area contributed by atoms with Crippen LogP contribution in [-0.4, -0.2) is 18.9 Å². The first-order valence-corrected chi connectivity index (χ1v) is 5.90. The van der Waals surface area contributed by atoms with Gasteiger partial charge in [-0.3, -0.25) is 4.57 Å². The van der Waals surface area contributed by atoms with Crippen molar-refractivity contribution in [2.45, 2.75) is 20.8 Å². The van der Waals surface area contributed by atoms with E-state index in [1.165, 1.54) is 0 Å². The van der Waals surface area contributed by atoms with Crippen LogP contribution < -0.4 is 0 Å². The van der Waals surface area contributed by atoms with E-state index in [0.29, 0.717) is 18.9 Å². The fraction of sp³-hybridized carbons (Fsp3) is 0.750. The van der Waals surface area contributed by atoms with E-state index < -0.39 is 7.37 Å². The molecule has 1 atom stereocenters. The molecule has 0 aromatic rings. The molecule has 0 aliphatic heterocycles. The van der Waals surface area contributed by atoms with Gasteiger partial charge < -0.3 is 4.52 Å². The molecule has 3 heteroatoms. The summed E-state index contributed by atoms with van der Waals surface area (Å²) in [5, 5.41) is 0. The fourth-order valence-corrected chi connectivity index (χ4v) is 2.69. The highest BCUT2D eigenvalue weighted by Gasteiger charge is 2.19. The molecule has 11 heavy (non-hydrogen) atoms. The first kappa shape index (κ1) is 10.9. The van der Waals surface area contributed by atoms with E-state index >= 15 is 0 Å². The minimum Gasteiger partial charge on any atom is -0.329 e. The van der Waals surface area contributed by atoms with Gasteiger partial charge in [0.25, 0.3) is 0 Å². The van der Waals surface area contributed by atoms with Gasteiger partial charge in [0.15, 0.2) is 0 Å². The summed E-state index contributed by atoms with van der Waals surface area (Å²) in [6, 6.07) is 0. The van der Waals surface area contributed by atoms with Gasteiger partial charge in [-0.1, -0.05) is 19.1 Å². The summed E-state index contributed by atoms with van der Waals surface area (Å²) in [6.07, 6.45) is 1.13. The largest absolute Gasteiger partial charge is 0.329 e. The minimum atomic E-state index is -2.36. The molecule has 1 unspecified atom stereocenters. The standard InChI is InChI=1S/C8H17O2P/c1-5-10-11(9,6-2)7-8(3)4/h3,5-7H2,1-2,4H3. The first-order valence-electron chi connectivity index (χ1n) is 3.91. The van der Waals surface area contributed by atoms with Crippen molar-refractivity contribution in [3.63, 3.8) is 0 Å². The Morgan fingerprint density at radius 2 is 2.09 bits per heavy atom. The first-order chi connectivity index (χ1) is 5.04. The van der Waals surface area contributed by atoms with Crippen molar-refractivity contribution in [1.82, 2.24) is 0 Å². The van der Waals surface area contributed by atoms with Crippen molar-refractivity contribution in [3.8, 4) is 0 Å². The van der Waals surface area contributed by atoms with Crippen LogP contribution in [0.2, 0.25) is 0 Å². The number of hydrogen-bond donors (Lipinski definition) is 0. The van der Waals surface area contributed by atoms with Gasteiger partial charge in [-0.15, -0.1) is 0 Å². The van der Waals surface area contributed by atoms with Crippen LogP contribution in [-0.2, 0) is 9.09 Å². The number of allylic oxidation sites excluding steroid dienone is 1. The van der Waals surface area contributed by atoms with E-state index in [2.05, 4.69) is 6.58 Å². The molecule has 66 valence electrons. The molecule has 0 saturated carbocycles. The summed E-state index contributed by atoms with van der Waals surface area (Å²) in [4.78, 5) is 0. The predicted molar refractivity (Wildman–Crippen MR) is 49.5 cm³/mol. The molecule has 0 aromatic carbocycles. The van der Waals surface area contributed by atoms with Gasteiger partial charge in [-0.25, -0.2) is 0 Å². The highest BCUT2D eigenvalue weighted by molar-refractivity contribution is 7.59. The Bertz CT molecular complexity index is 175. The van der Waals surface area contributed by atoms with Crippen molar-refractivity contribution >= 4 is 7.37 Å². The zero-order chi connectivity index (χ0) is 8.91. The van der Waals surface area contributed by atoms with Gasteiger partial charge in [0.2, 0.25) is 7.37 Å². The fourth-order valence-electron chi connectivity index (χ4n) is 0.895. The summed E-state index contributed by atoms with van der Waals surface area (Å²) in [7, 11) is -2.36. The van der Waals surface area contributed by atoms with Gasteiger partial charge in [0.05, 0.1) is 6.61 Å². The Morgan fingerprint density at radius 3 is 2.36 bits per heavy atom. The quantitative estimate of drug-likeness (QED) is 0.475. The minimum absolute atomic E-state index is 0.525. The maximum atomic E-state index is 11.7. The molecule has 0 aliphatic rings. The maximum Gasteiger partial charge on any atom is 0.206 e. The van der Waals surface area contributed by atoms with Crippen molar-refractivity contribution in [1.29, 1.82) is 0 Å². The molecule has 0 N–H and O–H groups in total. The third-order valence-electron chi connectivity index (χ3n) is 1.36. The Balaban J connectivity index is 4.10. The molecule has 0 spiro atoms. The maximum absolute atomic E-state index is 11.7. The second kappa shape index (κ2) is 4.74. The van der Waals surface area contributed by atoms with Crippen LogP contribution in [0, 0.1) is 0 Å². The number of rotatable bonds is 5. The Kier molecular flexibility index (Phi) is 4.71. The Morgan fingerprint density at radius 1 is 1.55 bits per heavy atom. The lowest BCUT2D eigenvalue weighted by Gasteiger charge is -2.15. The summed E-state index contributed by atoms with van der Waals surface area (Å²) in [5.41, 5.74) is 0.934. The zero-order valence-corrected chi connectivity index (χ0v) is 8.49. The summed E-state index contributed by atoms with van der Waals surface area (Å²) in [6.45, 7) is 9.87. The van der Waals surface area contributed by atoms with Crippen molar-refractivity contribution in [3.05, 3.63) is 12.2 Å². The van der Waals surface area contributed by atoms with Crippen molar-refractivity contribution in [2.75, 3.05) is 18.9 Å². The van der Waals surface area contributed by atoms with Crippen LogP contribution in [0.3, 0.4) is 0 Å². The Hall–Kier alpha value is -0.0700. The highest BCUT2D eigenvalue weighted by atomic mass is 31.2. The molecule has 2 nitrogen and oxygen atoms in total. The van der Waals surface area contributed by atoms with Crippen LogP contribution in [0.25, 0.3) is 0 Å². The third kappa shape index (κ3) is 4.39. The highest BCUT2D eigenvalue weighted by Crippen LogP contribution is 2.47. The lowest BCUT2D eigenvalue weighted by Crippen LogP contribution is -1.98. The van der Waals surface area contributed by atoms with Crippen molar-refractivity contribution < 1.29 is 9.09 Å². The molecule has 0 aromatic heterocycles. The van der Waals surface area contributed by atoms with E-state index in [4.69, 9.17) is 4.52 Å². The van der Waals surface area contributed by atoms with Gasteiger partial charge in [-0.05, 0) is 13.8 Å². The lowest BCUT2D eigenvalue weighted by atomic mass is 10.4. The van der Waals surface area contributed by atoms with E-state index in [0.717, 1.165) is 5.57 Å². The van der Waals surface area contributed by atoms with Crippen LogP contribution in [0.5, 0.6) is 0 Å². The molecule has 0 radical (unpaired) electrons. The van der Waals surface area contributed by atoms with Gasteiger partial charge in [0, 0.05) is 12.3 Å². The normalized spacial score (nSPS) is 15.9. The smallest absolute Gasteiger partial charge is 0.206 e. The molecular formula is C8H17O2P. The van der Waals surface area contributed by atoms with E-state index in [1.54, 1.807) is 0 Å². The molecule has 0 rings (SSSR count). The van der Waals surface area contributed by atoms with Crippen molar-refractivity contribution in [2.24, 2.45) is 0 Å². The van der Waals surface area contributed by atoms with Gasteiger partial charge in [-0.2, -0.15) is 0 Å². The van der Waals surface area contributed by atoms with E-state index in [1.807, 2.05) is 20.8 Å². The van der Waals surface area contributed by atoms with E-state index in [-0.39, 0.29) is 0 Å². The van der Waals surface area contributed by atoms with Crippen LogP contribution in [0.15, 0.2) is 12.2 Å². The lowest BCUT2D eigenvalue weighted by molar-refractivity contribution is 0.335. The average Bonchev–Trinajstić information content (AvgIpc) is 1.87. The predicted octanol–water partition coefficient (Wildman–Crippen LogP) is 2.90. The Labute approximate surface area is 69.1 Å². The third-order valence-corrected chi connectivity index (χ3v) is 4.07.